The van der Waals surface area contributed by atoms with Gasteiger partial charge in [-0.3, -0.25) is 4.79 Å². The van der Waals surface area contributed by atoms with E-state index < -0.39 is 0 Å². The summed E-state index contributed by atoms with van der Waals surface area (Å²) in [6.45, 7) is 7.11. The van der Waals surface area contributed by atoms with Gasteiger partial charge in [0.1, 0.15) is 6.04 Å². The second kappa shape index (κ2) is 6.78. The summed E-state index contributed by atoms with van der Waals surface area (Å²) in [6, 6.07) is -0.349. The van der Waals surface area contributed by atoms with E-state index in [0.29, 0.717) is 24.8 Å². The monoisotopic (exact) mass is 252 g/mol. The van der Waals surface area contributed by atoms with Crippen molar-refractivity contribution in [1.82, 2.24) is 14.9 Å². The summed E-state index contributed by atoms with van der Waals surface area (Å²) in [5.74, 6) is 1.05. The summed E-state index contributed by atoms with van der Waals surface area (Å²) < 4.78 is 4.97. The molecule has 18 heavy (non-hydrogen) atoms. The molecule has 0 aliphatic rings. The van der Waals surface area contributed by atoms with Crippen LogP contribution in [0.3, 0.4) is 0 Å². The van der Waals surface area contributed by atoms with E-state index in [2.05, 4.69) is 15.3 Å². The normalized spacial score (nSPS) is 11.8. The van der Waals surface area contributed by atoms with Crippen molar-refractivity contribution < 1.29 is 9.53 Å². The van der Waals surface area contributed by atoms with E-state index in [1.165, 1.54) is 0 Å². The summed E-state index contributed by atoms with van der Waals surface area (Å²) in [5.41, 5.74) is 0. The van der Waals surface area contributed by atoms with Gasteiger partial charge in [-0.05, 0) is 20.8 Å². The molecule has 0 aliphatic heterocycles. The predicted octanol–water partition coefficient (Wildman–Crippen LogP) is 1.15. The van der Waals surface area contributed by atoms with Gasteiger partial charge in [-0.25, -0.2) is 9.97 Å². The van der Waals surface area contributed by atoms with Gasteiger partial charge in [-0.1, -0.05) is 0 Å². The van der Waals surface area contributed by atoms with Crippen molar-refractivity contribution in [2.24, 2.45) is 0 Å². The highest BCUT2D eigenvalue weighted by Crippen LogP contribution is 2.08. The number of ether oxygens (including phenoxy) is 1. The average molecular weight is 252 g/mol. The van der Waals surface area contributed by atoms with Crippen LogP contribution in [-0.4, -0.2) is 47.0 Å². The number of likely N-dealkylation sites (N-methyl/N-ethyl adjacent to an activating group) is 1. The highest BCUT2D eigenvalue weighted by Gasteiger charge is 2.18. The van der Waals surface area contributed by atoms with Gasteiger partial charge in [0.15, 0.2) is 5.75 Å². The smallest absolute Gasteiger partial charge is 0.244 e. The molecule has 0 bridgehead atoms. The Labute approximate surface area is 107 Å². The summed E-state index contributed by atoms with van der Waals surface area (Å²) in [5, 5.41) is 2.97. The van der Waals surface area contributed by atoms with Gasteiger partial charge < -0.3 is 15.0 Å². The van der Waals surface area contributed by atoms with Crippen LogP contribution in [0.15, 0.2) is 12.4 Å². The van der Waals surface area contributed by atoms with E-state index in [1.807, 2.05) is 13.8 Å². The minimum atomic E-state index is -0.349. The number of aromatic nitrogens is 2. The minimum Gasteiger partial charge on any atom is -0.494 e. The van der Waals surface area contributed by atoms with Crippen LogP contribution in [0.25, 0.3) is 0 Å². The maximum atomic E-state index is 12.0. The van der Waals surface area contributed by atoms with E-state index in [0.717, 1.165) is 0 Å². The van der Waals surface area contributed by atoms with Crippen molar-refractivity contribution in [2.45, 2.75) is 26.8 Å². The van der Waals surface area contributed by atoms with Crippen molar-refractivity contribution in [3.05, 3.63) is 12.4 Å². The van der Waals surface area contributed by atoms with Crippen LogP contribution >= 0.6 is 0 Å². The van der Waals surface area contributed by atoms with Crippen LogP contribution in [0, 0.1) is 0 Å². The first-order valence-electron chi connectivity index (χ1n) is 6.03. The van der Waals surface area contributed by atoms with Gasteiger partial charge in [-0.2, -0.15) is 0 Å². The maximum Gasteiger partial charge on any atom is 0.244 e. The largest absolute Gasteiger partial charge is 0.494 e. The highest BCUT2D eigenvalue weighted by molar-refractivity contribution is 5.83. The van der Waals surface area contributed by atoms with Gasteiger partial charge >= 0.3 is 0 Å². The molecule has 1 heterocycles. The second-order valence-corrected chi connectivity index (χ2v) is 3.82. The fraction of sp³-hybridized carbons (Fsp3) is 0.583. The Bertz CT molecular complexity index is 376. The molecule has 1 aromatic rings. The fourth-order valence-electron chi connectivity index (χ4n) is 1.56. The molecule has 1 atom stereocenters. The average Bonchev–Trinajstić information content (AvgIpc) is 2.40. The van der Waals surface area contributed by atoms with Crippen molar-refractivity contribution in [3.63, 3.8) is 0 Å². The summed E-state index contributed by atoms with van der Waals surface area (Å²) in [7, 11) is 1.55. The molecule has 0 spiro atoms. The van der Waals surface area contributed by atoms with E-state index in [4.69, 9.17) is 4.74 Å². The molecule has 0 aromatic carbocycles. The Morgan fingerprint density at radius 3 is 2.39 bits per heavy atom. The van der Waals surface area contributed by atoms with Crippen LogP contribution in [0.5, 0.6) is 5.75 Å². The molecular formula is C12H20N4O2. The van der Waals surface area contributed by atoms with Gasteiger partial charge in [0.25, 0.3) is 0 Å². The van der Waals surface area contributed by atoms with E-state index >= 15 is 0 Å². The zero-order valence-electron chi connectivity index (χ0n) is 11.3. The molecule has 1 amide bonds. The molecule has 0 radical (unpaired) electrons. The third-order valence-corrected chi connectivity index (χ3v) is 2.65. The minimum absolute atomic E-state index is 0.0411. The standard InChI is InChI=1S/C12H20N4O2/c1-5-16(6-2)11(17)9(3)15-12-13-7-10(18-4)8-14-12/h7-9H,5-6H2,1-4H3,(H,13,14,15). The number of rotatable bonds is 6. The Kier molecular flexibility index (Phi) is 5.35. The highest BCUT2D eigenvalue weighted by atomic mass is 16.5. The number of carbonyl (C=O) groups is 1. The number of methoxy groups -OCH3 is 1. The van der Waals surface area contributed by atoms with Crippen LogP contribution in [0.1, 0.15) is 20.8 Å². The molecule has 0 saturated carbocycles. The van der Waals surface area contributed by atoms with E-state index in [9.17, 15) is 4.79 Å². The molecule has 1 N–H and O–H groups in total. The first-order chi connectivity index (χ1) is 8.62. The molecule has 1 aromatic heterocycles. The zero-order valence-corrected chi connectivity index (χ0v) is 11.3. The first kappa shape index (κ1) is 14.2. The Balaban J connectivity index is 2.62. The number of hydrogen-bond donors (Lipinski definition) is 1. The van der Waals surface area contributed by atoms with Gasteiger partial charge in [-0.15, -0.1) is 0 Å². The third-order valence-electron chi connectivity index (χ3n) is 2.65. The quantitative estimate of drug-likeness (QED) is 0.822. The van der Waals surface area contributed by atoms with Crippen LogP contribution in [0.2, 0.25) is 0 Å². The lowest BCUT2D eigenvalue weighted by Crippen LogP contribution is -2.41. The lowest BCUT2D eigenvalue weighted by atomic mass is 10.3. The summed E-state index contributed by atoms with van der Waals surface area (Å²) in [4.78, 5) is 21.9. The number of nitrogens with zero attached hydrogens (tertiary/aromatic N) is 3. The first-order valence-corrected chi connectivity index (χ1v) is 6.03. The molecule has 0 aliphatic carbocycles. The molecule has 1 rings (SSSR count). The number of carbonyl (C=O) groups excluding carboxylic acids is 1. The lowest BCUT2D eigenvalue weighted by molar-refractivity contribution is -0.131. The Hall–Kier alpha value is -1.85. The third kappa shape index (κ3) is 3.58. The molecule has 1 unspecified atom stereocenters. The molecule has 100 valence electrons. The summed E-state index contributed by atoms with van der Waals surface area (Å²) >= 11 is 0. The van der Waals surface area contributed by atoms with Crippen LogP contribution in [0.4, 0.5) is 5.95 Å². The van der Waals surface area contributed by atoms with Crippen LogP contribution < -0.4 is 10.1 Å². The van der Waals surface area contributed by atoms with Crippen molar-refractivity contribution in [1.29, 1.82) is 0 Å². The SMILES string of the molecule is CCN(CC)C(=O)C(C)Nc1ncc(OC)cn1. The van der Waals surface area contributed by atoms with Gasteiger partial charge in [0.2, 0.25) is 11.9 Å². The van der Waals surface area contributed by atoms with Crippen molar-refractivity contribution >= 4 is 11.9 Å². The summed E-state index contributed by atoms with van der Waals surface area (Å²) in [6.07, 6.45) is 3.12. The van der Waals surface area contributed by atoms with Crippen molar-refractivity contribution in [3.8, 4) is 5.75 Å². The second-order valence-electron chi connectivity index (χ2n) is 3.82. The lowest BCUT2D eigenvalue weighted by Gasteiger charge is -2.23. The zero-order chi connectivity index (χ0) is 13.5. The molecule has 0 fully saturated rings. The molecule has 0 saturated heterocycles. The number of hydrogen-bond acceptors (Lipinski definition) is 5. The molecule has 6 heteroatoms. The Morgan fingerprint density at radius 1 is 1.39 bits per heavy atom. The van der Waals surface area contributed by atoms with Crippen molar-refractivity contribution in [2.75, 3.05) is 25.5 Å². The van der Waals surface area contributed by atoms with Gasteiger partial charge in [0, 0.05) is 13.1 Å². The van der Waals surface area contributed by atoms with E-state index in [1.54, 1.807) is 31.3 Å². The molecular weight excluding hydrogens is 232 g/mol. The fourth-order valence-corrected chi connectivity index (χ4v) is 1.56. The number of nitrogens with one attached hydrogen (secondary N) is 1. The predicted molar refractivity (Wildman–Crippen MR) is 69.6 cm³/mol. The maximum absolute atomic E-state index is 12.0. The topological polar surface area (TPSA) is 67.4 Å². The van der Waals surface area contributed by atoms with Gasteiger partial charge in [0.05, 0.1) is 19.5 Å². The Morgan fingerprint density at radius 2 is 1.94 bits per heavy atom. The molecule has 6 nitrogen and oxygen atoms in total. The van der Waals surface area contributed by atoms with Crippen LogP contribution in [-0.2, 0) is 4.79 Å². The number of amides is 1. The number of anilines is 1. The van der Waals surface area contributed by atoms with E-state index in [-0.39, 0.29) is 11.9 Å².